The molecule has 5 heteroatoms. The second-order valence-electron chi connectivity index (χ2n) is 6.88. The van der Waals surface area contributed by atoms with Crippen LogP contribution in [0, 0.1) is 20.8 Å². The number of amides is 2. The molecular weight excluding hydrogens is 364 g/mol. The lowest BCUT2D eigenvalue weighted by atomic mass is 10.1. The summed E-state index contributed by atoms with van der Waals surface area (Å²) in [5.41, 5.74) is 4.77. The van der Waals surface area contributed by atoms with E-state index in [4.69, 9.17) is 4.74 Å². The highest BCUT2D eigenvalue weighted by Gasteiger charge is 2.14. The topological polar surface area (TPSA) is 67.4 Å². The van der Waals surface area contributed by atoms with Gasteiger partial charge in [0.1, 0.15) is 5.75 Å². The Morgan fingerprint density at radius 2 is 1.59 bits per heavy atom. The van der Waals surface area contributed by atoms with Gasteiger partial charge in [0.2, 0.25) is 0 Å². The molecular formula is C24H24N2O3. The Labute approximate surface area is 170 Å². The fraction of sp³-hybridized carbons (Fsp3) is 0.167. The van der Waals surface area contributed by atoms with Gasteiger partial charge in [0.15, 0.2) is 6.61 Å². The van der Waals surface area contributed by atoms with Gasteiger partial charge in [0.05, 0.1) is 0 Å². The van der Waals surface area contributed by atoms with Crippen LogP contribution in [-0.4, -0.2) is 18.4 Å². The first-order chi connectivity index (χ1) is 13.9. The second kappa shape index (κ2) is 9.06. The molecule has 0 aliphatic heterocycles. The van der Waals surface area contributed by atoms with E-state index in [1.807, 2.05) is 62.4 Å². The lowest BCUT2D eigenvalue weighted by molar-refractivity contribution is -0.118. The zero-order chi connectivity index (χ0) is 20.8. The summed E-state index contributed by atoms with van der Waals surface area (Å²) >= 11 is 0. The van der Waals surface area contributed by atoms with E-state index in [9.17, 15) is 9.59 Å². The number of hydrogen-bond acceptors (Lipinski definition) is 3. The highest BCUT2D eigenvalue weighted by atomic mass is 16.5. The maximum absolute atomic E-state index is 12.6. The van der Waals surface area contributed by atoms with Crippen molar-refractivity contribution >= 4 is 23.2 Å². The molecule has 3 rings (SSSR count). The molecule has 0 aliphatic carbocycles. The molecule has 3 aromatic rings. The molecule has 0 fully saturated rings. The van der Waals surface area contributed by atoms with E-state index in [-0.39, 0.29) is 18.4 Å². The molecule has 0 radical (unpaired) electrons. The van der Waals surface area contributed by atoms with Gasteiger partial charge in [0, 0.05) is 16.9 Å². The van der Waals surface area contributed by atoms with Crippen LogP contribution >= 0.6 is 0 Å². The van der Waals surface area contributed by atoms with Crippen molar-refractivity contribution in [3.63, 3.8) is 0 Å². The third kappa shape index (κ3) is 5.23. The Morgan fingerprint density at radius 3 is 2.31 bits per heavy atom. The quantitative estimate of drug-likeness (QED) is 0.632. The number of rotatable bonds is 6. The number of benzene rings is 3. The van der Waals surface area contributed by atoms with Crippen molar-refractivity contribution in [2.24, 2.45) is 0 Å². The lowest BCUT2D eigenvalue weighted by Gasteiger charge is -2.13. The molecule has 0 atom stereocenters. The van der Waals surface area contributed by atoms with Crippen LogP contribution in [0.1, 0.15) is 27.0 Å². The normalized spacial score (nSPS) is 10.3. The minimum Gasteiger partial charge on any atom is -0.484 e. The Bertz CT molecular complexity index is 1030. The van der Waals surface area contributed by atoms with Crippen LogP contribution in [0.15, 0.2) is 66.7 Å². The van der Waals surface area contributed by atoms with Gasteiger partial charge in [-0.2, -0.15) is 0 Å². The first-order valence-corrected chi connectivity index (χ1v) is 9.40. The molecule has 3 aromatic carbocycles. The first kappa shape index (κ1) is 20.1. The molecule has 5 nitrogen and oxygen atoms in total. The summed E-state index contributed by atoms with van der Waals surface area (Å²) in [5, 5.41) is 5.68. The fourth-order valence-electron chi connectivity index (χ4n) is 2.88. The lowest BCUT2D eigenvalue weighted by Crippen LogP contribution is -2.21. The van der Waals surface area contributed by atoms with Crippen LogP contribution < -0.4 is 15.4 Å². The molecule has 2 N–H and O–H groups in total. The highest BCUT2D eigenvalue weighted by molar-refractivity contribution is 6.06. The number of carbonyl (C=O) groups excluding carboxylic acids is 2. The zero-order valence-electron chi connectivity index (χ0n) is 16.8. The Hall–Kier alpha value is -3.60. The summed E-state index contributed by atoms with van der Waals surface area (Å²) in [6, 6.07) is 20.2. The van der Waals surface area contributed by atoms with Crippen LogP contribution in [0.5, 0.6) is 5.75 Å². The molecule has 29 heavy (non-hydrogen) atoms. The maximum atomic E-state index is 12.6. The number of aryl methyl sites for hydroxylation is 2. The average molecular weight is 388 g/mol. The van der Waals surface area contributed by atoms with Gasteiger partial charge in [-0.05, 0) is 73.9 Å². The van der Waals surface area contributed by atoms with E-state index >= 15 is 0 Å². The Kier molecular flexibility index (Phi) is 6.29. The monoisotopic (exact) mass is 388 g/mol. The summed E-state index contributed by atoms with van der Waals surface area (Å²) in [5.74, 6) is 0.138. The van der Waals surface area contributed by atoms with Crippen molar-refractivity contribution in [1.29, 1.82) is 0 Å². The van der Waals surface area contributed by atoms with Crippen LogP contribution in [0.3, 0.4) is 0 Å². The summed E-state index contributed by atoms with van der Waals surface area (Å²) < 4.78 is 5.58. The molecule has 0 saturated heterocycles. The number of carbonyl (C=O) groups is 2. The molecule has 0 aliphatic rings. The van der Waals surface area contributed by atoms with E-state index in [1.54, 1.807) is 25.1 Å². The minimum atomic E-state index is -0.285. The Morgan fingerprint density at radius 1 is 0.828 bits per heavy atom. The summed E-state index contributed by atoms with van der Waals surface area (Å²) in [6.07, 6.45) is 0. The van der Waals surface area contributed by atoms with Gasteiger partial charge in [-0.25, -0.2) is 0 Å². The molecule has 2 amide bonds. The largest absolute Gasteiger partial charge is 0.484 e. The van der Waals surface area contributed by atoms with Gasteiger partial charge < -0.3 is 15.4 Å². The van der Waals surface area contributed by atoms with Gasteiger partial charge in [-0.15, -0.1) is 0 Å². The van der Waals surface area contributed by atoms with Crippen LogP contribution in [0.25, 0.3) is 0 Å². The SMILES string of the molecule is Cc1ccc(OCC(=O)Nc2cccc(C(=O)Nc3ccccc3)c2C)cc1C. The Balaban J connectivity index is 1.64. The second-order valence-corrected chi connectivity index (χ2v) is 6.88. The average Bonchev–Trinajstić information content (AvgIpc) is 2.71. The van der Waals surface area contributed by atoms with Gasteiger partial charge >= 0.3 is 0 Å². The van der Waals surface area contributed by atoms with E-state index in [2.05, 4.69) is 10.6 Å². The number of anilines is 2. The van der Waals surface area contributed by atoms with Gasteiger partial charge in [-0.3, -0.25) is 9.59 Å². The zero-order valence-corrected chi connectivity index (χ0v) is 16.8. The standard InChI is InChI=1S/C24H24N2O3/c1-16-12-13-20(14-17(16)2)29-15-23(27)26-22-11-7-10-21(18(22)3)24(28)25-19-8-5-4-6-9-19/h4-14H,15H2,1-3H3,(H,25,28)(H,26,27). The summed E-state index contributed by atoms with van der Waals surface area (Å²) in [4.78, 5) is 24.9. The molecule has 148 valence electrons. The fourth-order valence-corrected chi connectivity index (χ4v) is 2.88. The van der Waals surface area contributed by atoms with Crippen molar-refractivity contribution in [3.05, 3.63) is 89.0 Å². The van der Waals surface area contributed by atoms with E-state index in [0.29, 0.717) is 28.3 Å². The van der Waals surface area contributed by atoms with E-state index in [0.717, 1.165) is 5.56 Å². The predicted molar refractivity (Wildman–Crippen MR) is 116 cm³/mol. The van der Waals surface area contributed by atoms with Crippen LogP contribution in [-0.2, 0) is 4.79 Å². The van der Waals surface area contributed by atoms with E-state index in [1.165, 1.54) is 5.56 Å². The first-order valence-electron chi connectivity index (χ1n) is 9.40. The van der Waals surface area contributed by atoms with Crippen molar-refractivity contribution in [2.75, 3.05) is 17.2 Å². The molecule has 0 spiro atoms. The van der Waals surface area contributed by atoms with Crippen molar-refractivity contribution in [1.82, 2.24) is 0 Å². The molecule has 0 heterocycles. The molecule has 0 saturated carbocycles. The third-order valence-corrected chi connectivity index (χ3v) is 4.73. The summed E-state index contributed by atoms with van der Waals surface area (Å²) in [6.45, 7) is 5.72. The van der Waals surface area contributed by atoms with Crippen molar-refractivity contribution in [3.8, 4) is 5.75 Å². The van der Waals surface area contributed by atoms with Crippen molar-refractivity contribution < 1.29 is 14.3 Å². The van der Waals surface area contributed by atoms with E-state index < -0.39 is 0 Å². The van der Waals surface area contributed by atoms with Gasteiger partial charge in [0.25, 0.3) is 11.8 Å². The number of nitrogens with one attached hydrogen (secondary N) is 2. The molecule has 0 bridgehead atoms. The summed E-state index contributed by atoms with van der Waals surface area (Å²) in [7, 11) is 0. The predicted octanol–water partition coefficient (Wildman–Crippen LogP) is 4.88. The van der Waals surface area contributed by atoms with Crippen molar-refractivity contribution in [2.45, 2.75) is 20.8 Å². The smallest absolute Gasteiger partial charge is 0.262 e. The molecule has 0 aromatic heterocycles. The number of ether oxygens (including phenoxy) is 1. The number of hydrogen-bond donors (Lipinski definition) is 2. The molecule has 0 unspecified atom stereocenters. The third-order valence-electron chi connectivity index (χ3n) is 4.73. The highest BCUT2D eigenvalue weighted by Crippen LogP contribution is 2.21. The van der Waals surface area contributed by atoms with Gasteiger partial charge in [-0.1, -0.05) is 30.3 Å². The number of para-hydroxylation sites is 1. The van der Waals surface area contributed by atoms with Crippen LogP contribution in [0.2, 0.25) is 0 Å². The van der Waals surface area contributed by atoms with Crippen LogP contribution in [0.4, 0.5) is 11.4 Å². The maximum Gasteiger partial charge on any atom is 0.262 e. The minimum absolute atomic E-state index is 0.109.